The van der Waals surface area contributed by atoms with Crippen LogP contribution in [0.5, 0.6) is 0 Å². The first-order chi connectivity index (χ1) is 6.38. The number of carbonyl (C=O) groups excluding carboxylic acids is 1. The molecule has 80 valence electrons. The quantitative estimate of drug-likeness (QED) is 0.596. The van der Waals surface area contributed by atoms with Crippen molar-refractivity contribution >= 4 is 6.09 Å². The van der Waals surface area contributed by atoms with E-state index in [1.54, 1.807) is 0 Å². The minimum atomic E-state index is -0.371. The fraction of sp³-hybridized carbons (Fsp3) is 0.909. The number of amides is 1. The van der Waals surface area contributed by atoms with E-state index in [0.717, 1.165) is 12.3 Å². The highest BCUT2D eigenvalue weighted by molar-refractivity contribution is 5.70. The van der Waals surface area contributed by atoms with E-state index in [1.165, 1.54) is 6.42 Å². The Hall–Kier alpha value is -0.730. The molecule has 3 nitrogen and oxygen atoms in total. The first-order valence-corrected chi connectivity index (χ1v) is 5.40. The molecule has 1 heterocycles. The molecule has 1 saturated carbocycles. The molecule has 1 saturated heterocycles. The van der Waals surface area contributed by atoms with E-state index in [1.807, 2.05) is 25.7 Å². The molecule has 1 amide bonds. The molecule has 0 aromatic rings. The molecule has 0 aromatic carbocycles. The third kappa shape index (κ3) is 1.72. The topological polar surface area (TPSA) is 29.5 Å². The van der Waals surface area contributed by atoms with Crippen LogP contribution in [0.15, 0.2) is 0 Å². The van der Waals surface area contributed by atoms with E-state index in [2.05, 4.69) is 6.92 Å². The molecule has 2 fully saturated rings. The monoisotopic (exact) mass is 197 g/mol. The SMILES string of the molecule is C[C@@H]1CC2CC2N1C(=O)OC(C)(C)C. The van der Waals surface area contributed by atoms with Crippen molar-refractivity contribution in [2.24, 2.45) is 5.92 Å². The highest BCUT2D eigenvalue weighted by Gasteiger charge is 2.53. The number of nitrogens with zero attached hydrogens (tertiary/aromatic N) is 1. The van der Waals surface area contributed by atoms with Crippen LogP contribution in [-0.2, 0) is 4.74 Å². The van der Waals surface area contributed by atoms with E-state index in [4.69, 9.17) is 4.74 Å². The minimum Gasteiger partial charge on any atom is -0.444 e. The van der Waals surface area contributed by atoms with Crippen molar-refractivity contribution < 1.29 is 9.53 Å². The van der Waals surface area contributed by atoms with Gasteiger partial charge in [0.2, 0.25) is 0 Å². The normalized spacial score (nSPS) is 35.4. The van der Waals surface area contributed by atoms with Crippen molar-refractivity contribution in [2.75, 3.05) is 0 Å². The maximum atomic E-state index is 11.8. The largest absolute Gasteiger partial charge is 0.444 e. The molecular formula is C11H19NO2. The van der Waals surface area contributed by atoms with Gasteiger partial charge < -0.3 is 9.64 Å². The van der Waals surface area contributed by atoms with Gasteiger partial charge in [-0.25, -0.2) is 4.79 Å². The molecule has 0 N–H and O–H groups in total. The summed E-state index contributed by atoms with van der Waals surface area (Å²) in [4.78, 5) is 13.7. The summed E-state index contributed by atoms with van der Waals surface area (Å²) in [5.74, 6) is 0.762. The van der Waals surface area contributed by atoms with Gasteiger partial charge in [0, 0.05) is 12.1 Å². The Bertz CT molecular complexity index is 255. The number of hydrogen-bond acceptors (Lipinski definition) is 2. The Morgan fingerprint density at radius 2 is 2.00 bits per heavy atom. The van der Waals surface area contributed by atoms with Gasteiger partial charge >= 0.3 is 6.09 Å². The Morgan fingerprint density at radius 3 is 2.43 bits per heavy atom. The summed E-state index contributed by atoms with van der Waals surface area (Å²) >= 11 is 0. The fourth-order valence-corrected chi connectivity index (χ4v) is 2.33. The zero-order valence-corrected chi connectivity index (χ0v) is 9.41. The molecule has 1 aliphatic carbocycles. The van der Waals surface area contributed by atoms with E-state index >= 15 is 0 Å². The van der Waals surface area contributed by atoms with Crippen molar-refractivity contribution in [2.45, 2.75) is 58.2 Å². The van der Waals surface area contributed by atoms with E-state index in [0.29, 0.717) is 12.1 Å². The molecular weight excluding hydrogens is 178 g/mol. The van der Waals surface area contributed by atoms with E-state index < -0.39 is 0 Å². The second kappa shape index (κ2) is 2.88. The van der Waals surface area contributed by atoms with Gasteiger partial charge in [0.15, 0.2) is 0 Å². The number of ether oxygens (including phenoxy) is 1. The standard InChI is InChI=1S/C11H19NO2/c1-7-5-8-6-9(8)12(7)10(13)14-11(2,3)4/h7-9H,5-6H2,1-4H3/t7-,8?,9?/m1/s1. The van der Waals surface area contributed by atoms with Crippen LogP contribution >= 0.6 is 0 Å². The maximum absolute atomic E-state index is 11.8. The van der Waals surface area contributed by atoms with Crippen LogP contribution in [0.4, 0.5) is 4.79 Å². The number of piperidine rings is 1. The molecule has 0 bridgehead atoms. The summed E-state index contributed by atoms with van der Waals surface area (Å²) in [5, 5.41) is 0. The summed E-state index contributed by atoms with van der Waals surface area (Å²) in [5.41, 5.74) is -0.371. The number of hydrogen-bond donors (Lipinski definition) is 0. The molecule has 2 unspecified atom stereocenters. The first kappa shape index (κ1) is 9.81. The molecule has 2 aliphatic rings. The van der Waals surface area contributed by atoms with Crippen molar-refractivity contribution in [1.29, 1.82) is 0 Å². The van der Waals surface area contributed by atoms with Crippen LogP contribution in [0, 0.1) is 5.92 Å². The Labute approximate surface area is 85.4 Å². The smallest absolute Gasteiger partial charge is 0.410 e. The van der Waals surface area contributed by atoms with Gasteiger partial charge in [0.1, 0.15) is 5.60 Å². The summed E-state index contributed by atoms with van der Waals surface area (Å²) in [7, 11) is 0. The summed E-state index contributed by atoms with van der Waals surface area (Å²) in [6.07, 6.45) is 2.21. The van der Waals surface area contributed by atoms with E-state index in [-0.39, 0.29) is 11.7 Å². The predicted molar refractivity (Wildman–Crippen MR) is 54.0 cm³/mol. The maximum Gasteiger partial charge on any atom is 0.410 e. The van der Waals surface area contributed by atoms with Gasteiger partial charge in [0.25, 0.3) is 0 Å². The zero-order valence-electron chi connectivity index (χ0n) is 9.41. The third-order valence-electron chi connectivity index (χ3n) is 2.97. The number of likely N-dealkylation sites (tertiary alicyclic amines) is 1. The second-order valence-corrected chi connectivity index (χ2v) is 5.54. The molecule has 0 spiro atoms. The van der Waals surface area contributed by atoms with Gasteiger partial charge in [-0.3, -0.25) is 0 Å². The van der Waals surface area contributed by atoms with Crippen molar-refractivity contribution in [3.63, 3.8) is 0 Å². The highest BCUT2D eigenvalue weighted by atomic mass is 16.6. The lowest BCUT2D eigenvalue weighted by Crippen LogP contribution is -2.40. The van der Waals surface area contributed by atoms with Gasteiger partial charge in [-0.1, -0.05) is 0 Å². The third-order valence-corrected chi connectivity index (χ3v) is 2.97. The summed E-state index contributed by atoms with van der Waals surface area (Å²) in [6.45, 7) is 7.85. The second-order valence-electron chi connectivity index (χ2n) is 5.54. The molecule has 2 rings (SSSR count). The number of fused-ring (bicyclic) bond motifs is 1. The molecule has 3 atom stereocenters. The van der Waals surface area contributed by atoms with Gasteiger partial charge in [-0.05, 0) is 46.5 Å². The van der Waals surface area contributed by atoms with Crippen LogP contribution in [-0.4, -0.2) is 28.7 Å². The highest BCUT2D eigenvalue weighted by Crippen LogP contribution is 2.48. The van der Waals surface area contributed by atoms with Crippen LogP contribution in [0.1, 0.15) is 40.5 Å². The number of carbonyl (C=O) groups is 1. The van der Waals surface area contributed by atoms with Crippen LogP contribution in [0.2, 0.25) is 0 Å². The minimum absolute atomic E-state index is 0.130. The first-order valence-electron chi connectivity index (χ1n) is 5.40. The Kier molecular flexibility index (Phi) is 2.02. The average molecular weight is 197 g/mol. The zero-order chi connectivity index (χ0) is 10.5. The Balaban J connectivity index is 1.98. The fourth-order valence-electron chi connectivity index (χ4n) is 2.33. The predicted octanol–water partition coefficient (Wildman–Crippen LogP) is 2.40. The number of rotatable bonds is 0. The van der Waals surface area contributed by atoms with Gasteiger partial charge in [0.05, 0.1) is 0 Å². The van der Waals surface area contributed by atoms with Crippen molar-refractivity contribution in [1.82, 2.24) is 4.90 Å². The van der Waals surface area contributed by atoms with Gasteiger partial charge in [-0.2, -0.15) is 0 Å². The van der Waals surface area contributed by atoms with E-state index in [9.17, 15) is 4.79 Å². The molecule has 14 heavy (non-hydrogen) atoms. The van der Waals surface area contributed by atoms with Crippen LogP contribution in [0.25, 0.3) is 0 Å². The molecule has 1 aliphatic heterocycles. The van der Waals surface area contributed by atoms with Crippen LogP contribution in [0.3, 0.4) is 0 Å². The lowest BCUT2D eigenvalue weighted by Gasteiger charge is -2.28. The van der Waals surface area contributed by atoms with Crippen molar-refractivity contribution in [3.05, 3.63) is 0 Å². The van der Waals surface area contributed by atoms with Gasteiger partial charge in [-0.15, -0.1) is 0 Å². The molecule has 3 heteroatoms. The summed E-state index contributed by atoms with van der Waals surface area (Å²) in [6, 6.07) is 0.855. The van der Waals surface area contributed by atoms with Crippen LogP contribution < -0.4 is 0 Å². The lowest BCUT2D eigenvalue weighted by molar-refractivity contribution is 0.0199. The molecule has 0 radical (unpaired) electrons. The van der Waals surface area contributed by atoms with Crippen molar-refractivity contribution in [3.8, 4) is 0 Å². The average Bonchev–Trinajstić information content (AvgIpc) is 2.58. The Morgan fingerprint density at radius 1 is 1.36 bits per heavy atom. The molecule has 0 aromatic heterocycles. The summed E-state index contributed by atoms with van der Waals surface area (Å²) < 4.78 is 5.38. The lowest BCUT2D eigenvalue weighted by atomic mass is 10.2.